The van der Waals surface area contributed by atoms with Gasteiger partial charge in [-0.1, -0.05) is 21.1 Å². The molecule has 94 valence electrons. The van der Waals surface area contributed by atoms with Crippen LogP contribution in [0.3, 0.4) is 0 Å². The molecule has 1 aromatic carbocycles. The largest absolute Gasteiger partial charge is 0.481 e. The number of aryl methyl sites for hydroxylation is 2. The van der Waals surface area contributed by atoms with Crippen LogP contribution in [0.15, 0.2) is 21.1 Å². The minimum absolute atomic E-state index is 0.107. The normalized spacial score (nSPS) is 10.6. The molecule has 0 saturated heterocycles. The summed E-state index contributed by atoms with van der Waals surface area (Å²) in [6.07, 6.45) is -0.262. The molecule has 0 spiro atoms. The molecule has 0 unspecified atom stereocenters. The highest BCUT2D eigenvalue weighted by Gasteiger charge is 2.13. The Morgan fingerprint density at radius 1 is 1.39 bits per heavy atom. The molecule has 0 aliphatic carbocycles. The van der Waals surface area contributed by atoms with Crippen LogP contribution in [0.25, 0.3) is 11.4 Å². The van der Waals surface area contributed by atoms with Gasteiger partial charge in [0.05, 0.1) is 0 Å². The Morgan fingerprint density at radius 2 is 2.00 bits per heavy atom. The van der Waals surface area contributed by atoms with Crippen LogP contribution in [-0.2, 0) is 11.2 Å². The molecule has 1 aromatic heterocycles. The Balaban J connectivity index is 2.37. The predicted molar refractivity (Wildman–Crippen MR) is 68.2 cm³/mol. The molecule has 6 heteroatoms. The number of carbonyl (C=O) groups is 1. The average molecular weight is 311 g/mol. The van der Waals surface area contributed by atoms with Gasteiger partial charge in [0, 0.05) is 10.0 Å². The summed E-state index contributed by atoms with van der Waals surface area (Å²) in [5.74, 6) is -0.478. The van der Waals surface area contributed by atoms with Gasteiger partial charge in [-0.2, -0.15) is 4.98 Å². The van der Waals surface area contributed by atoms with E-state index in [-0.39, 0.29) is 12.3 Å². The fourth-order valence-corrected chi connectivity index (χ4v) is 1.88. The Bertz CT molecular complexity index is 584. The van der Waals surface area contributed by atoms with Gasteiger partial charge in [-0.3, -0.25) is 4.79 Å². The van der Waals surface area contributed by atoms with Crippen LogP contribution in [0.5, 0.6) is 0 Å². The summed E-state index contributed by atoms with van der Waals surface area (Å²) >= 11 is 3.48. The Kier molecular flexibility index (Phi) is 3.47. The van der Waals surface area contributed by atoms with Gasteiger partial charge in [0.2, 0.25) is 11.7 Å². The number of hydrogen-bond acceptors (Lipinski definition) is 4. The lowest BCUT2D eigenvalue weighted by Crippen LogP contribution is -1.99. The number of halogens is 1. The summed E-state index contributed by atoms with van der Waals surface area (Å²) in [5.41, 5.74) is 2.94. The maximum atomic E-state index is 10.5. The molecule has 2 aromatic rings. The molecule has 0 amide bonds. The number of aromatic nitrogens is 2. The molecular weight excluding hydrogens is 300 g/mol. The molecule has 0 bridgehead atoms. The molecule has 2 rings (SSSR count). The van der Waals surface area contributed by atoms with Crippen molar-refractivity contribution in [2.45, 2.75) is 20.3 Å². The van der Waals surface area contributed by atoms with Crippen molar-refractivity contribution < 1.29 is 14.4 Å². The number of benzene rings is 1. The standard InChI is InChI=1S/C12H11BrN2O3/c1-6-3-8(4-7(2)11(6)13)12-14-9(18-15-12)5-10(16)17/h3-4H,5H2,1-2H3,(H,16,17). The monoisotopic (exact) mass is 310 g/mol. The highest BCUT2D eigenvalue weighted by atomic mass is 79.9. The van der Waals surface area contributed by atoms with Gasteiger partial charge in [-0.05, 0) is 37.1 Å². The third-order valence-corrected chi connectivity index (χ3v) is 3.72. The van der Waals surface area contributed by atoms with E-state index in [1.54, 1.807) is 0 Å². The van der Waals surface area contributed by atoms with Crippen LogP contribution < -0.4 is 0 Å². The fraction of sp³-hybridized carbons (Fsp3) is 0.250. The second kappa shape index (κ2) is 4.89. The molecule has 18 heavy (non-hydrogen) atoms. The van der Waals surface area contributed by atoms with Crippen molar-refractivity contribution in [1.82, 2.24) is 10.1 Å². The second-order valence-corrected chi connectivity index (χ2v) is 4.80. The van der Waals surface area contributed by atoms with Crippen molar-refractivity contribution in [3.8, 4) is 11.4 Å². The summed E-state index contributed by atoms with van der Waals surface area (Å²) in [7, 11) is 0. The lowest BCUT2D eigenvalue weighted by Gasteiger charge is -2.04. The number of hydrogen-bond donors (Lipinski definition) is 1. The maximum Gasteiger partial charge on any atom is 0.312 e. The van der Waals surface area contributed by atoms with Crippen LogP contribution in [0, 0.1) is 13.8 Å². The smallest absolute Gasteiger partial charge is 0.312 e. The van der Waals surface area contributed by atoms with Crippen LogP contribution in [0.1, 0.15) is 17.0 Å². The summed E-state index contributed by atoms with van der Waals surface area (Å²) in [5, 5.41) is 12.4. The van der Waals surface area contributed by atoms with Gasteiger partial charge in [0.1, 0.15) is 6.42 Å². The maximum absolute atomic E-state index is 10.5. The van der Waals surface area contributed by atoms with Crippen LogP contribution in [0.2, 0.25) is 0 Å². The second-order valence-electron chi connectivity index (χ2n) is 4.01. The van der Waals surface area contributed by atoms with E-state index in [0.29, 0.717) is 5.82 Å². The van der Waals surface area contributed by atoms with Crippen molar-refractivity contribution in [2.75, 3.05) is 0 Å². The molecule has 0 aliphatic heterocycles. The van der Waals surface area contributed by atoms with Crippen molar-refractivity contribution in [2.24, 2.45) is 0 Å². The third-order valence-electron chi connectivity index (χ3n) is 2.47. The molecule has 0 radical (unpaired) electrons. The van der Waals surface area contributed by atoms with Crippen molar-refractivity contribution in [3.63, 3.8) is 0 Å². The van der Waals surface area contributed by atoms with E-state index in [9.17, 15) is 4.79 Å². The van der Waals surface area contributed by atoms with E-state index >= 15 is 0 Å². The topological polar surface area (TPSA) is 76.2 Å². The summed E-state index contributed by atoms with van der Waals surface area (Å²) in [6, 6.07) is 3.85. The Morgan fingerprint density at radius 3 is 2.56 bits per heavy atom. The highest BCUT2D eigenvalue weighted by molar-refractivity contribution is 9.10. The zero-order chi connectivity index (χ0) is 13.3. The van der Waals surface area contributed by atoms with Gasteiger partial charge >= 0.3 is 5.97 Å². The number of aliphatic carboxylic acids is 1. The van der Waals surface area contributed by atoms with Crippen molar-refractivity contribution in [1.29, 1.82) is 0 Å². The number of carboxylic acid groups (broad SMARTS) is 1. The summed E-state index contributed by atoms with van der Waals surface area (Å²) in [4.78, 5) is 14.6. The van der Waals surface area contributed by atoms with E-state index in [4.69, 9.17) is 9.63 Å². The highest BCUT2D eigenvalue weighted by Crippen LogP contribution is 2.27. The molecule has 0 atom stereocenters. The summed E-state index contributed by atoms with van der Waals surface area (Å²) in [6.45, 7) is 3.94. The first-order valence-electron chi connectivity index (χ1n) is 5.29. The van der Waals surface area contributed by atoms with E-state index in [1.807, 2.05) is 26.0 Å². The molecule has 5 nitrogen and oxygen atoms in total. The predicted octanol–water partition coefficient (Wildman–Crippen LogP) is 2.74. The molecule has 1 N–H and O–H groups in total. The average Bonchev–Trinajstić information content (AvgIpc) is 2.72. The van der Waals surface area contributed by atoms with Gasteiger partial charge in [-0.15, -0.1) is 0 Å². The lowest BCUT2D eigenvalue weighted by molar-refractivity contribution is -0.136. The minimum Gasteiger partial charge on any atom is -0.481 e. The van der Waals surface area contributed by atoms with Gasteiger partial charge < -0.3 is 9.63 Å². The first kappa shape index (κ1) is 12.8. The van der Waals surface area contributed by atoms with Gasteiger partial charge in [0.15, 0.2) is 0 Å². The Labute approximate surface area is 112 Å². The van der Waals surface area contributed by atoms with Gasteiger partial charge in [0.25, 0.3) is 0 Å². The molecule has 0 fully saturated rings. The summed E-state index contributed by atoms with van der Waals surface area (Å²) < 4.78 is 5.93. The van der Waals surface area contributed by atoms with Crippen LogP contribution in [0.4, 0.5) is 0 Å². The number of rotatable bonds is 3. The SMILES string of the molecule is Cc1cc(-c2noc(CC(=O)O)n2)cc(C)c1Br. The number of carboxylic acids is 1. The molecule has 1 heterocycles. The van der Waals surface area contributed by atoms with Crippen molar-refractivity contribution in [3.05, 3.63) is 33.6 Å². The minimum atomic E-state index is -0.992. The third kappa shape index (κ3) is 2.59. The van der Waals surface area contributed by atoms with E-state index in [2.05, 4.69) is 26.1 Å². The number of nitrogens with zero attached hydrogens (tertiary/aromatic N) is 2. The van der Waals surface area contributed by atoms with Crippen LogP contribution in [-0.4, -0.2) is 21.2 Å². The Hall–Kier alpha value is -1.69. The van der Waals surface area contributed by atoms with E-state index in [1.165, 1.54) is 0 Å². The zero-order valence-corrected chi connectivity index (χ0v) is 11.5. The lowest BCUT2D eigenvalue weighted by atomic mass is 10.1. The quantitative estimate of drug-likeness (QED) is 0.943. The molecule has 0 aliphatic rings. The zero-order valence-electron chi connectivity index (χ0n) is 9.90. The van der Waals surface area contributed by atoms with Crippen LogP contribution >= 0.6 is 15.9 Å². The molecular formula is C12H11BrN2O3. The first-order chi connectivity index (χ1) is 8.47. The fourth-order valence-electron chi connectivity index (χ4n) is 1.65. The van der Waals surface area contributed by atoms with Gasteiger partial charge in [-0.25, -0.2) is 0 Å². The molecule has 0 saturated carbocycles. The van der Waals surface area contributed by atoms with Crippen molar-refractivity contribution >= 4 is 21.9 Å². The van der Waals surface area contributed by atoms with E-state index in [0.717, 1.165) is 21.2 Å². The van der Waals surface area contributed by atoms with E-state index < -0.39 is 5.97 Å². The first-order valence-corrected chi connectivity index (χ1v) is 6.08.